The first-order valence-corrected chi connectivity index (χ1v) is 12.2. The van der Waals surface area contributed by atoms with Gasteiger partial charge in [-0.1, -0.05) is 18.2 Å². The molecule has 8 heteroatoms. The van der Waals surface area contributed by atoms with E-state index in [2.05, 4.69) is 34.5 Å². The monoisotopic (exact) mass is 464 g/mol. The number of aryl methyl sites for hydroxylation is 1. The lowest BCUT2D eigenvalue weighted by Gasteiger charge is -2.37. The number of anilines is 4. The SMILES string of the molecule is Cc1ccccc1N1C(=O)SNc2c1cc1[nH]c3c(c1c2N1CCOCC1)COC(C)(C)C3. The number of para-hydroxylation sites is 1. The molecule has 1 fully saturated rings. The van der Waals surface area contributed by atoms with E-state index >= 15 is 0 Å². The molecular weight excluding hydrogens is 436 g/mol. The molecule has 3 aromatic rings. The Hall–Kier alpha value is -2.68. The maximum Gasteiger partial charge on any atom is 0.311 e. The molecule has 0 spiro atoms. The number of aromatic amines is 1. The van der Waals surface area contributed by atoms with Gasteiger partial charge in [0.15, 0.2) is 0 Å². The van der Waals surface area contributed by atoms with E-state index in [1.165, 1.54) is 16.6 Å². The van der Waals surface area contributed by atoms with E-state index in [0.29, 0.717) is 19.8 Å². The zero-order valence-corrected chi connectivity index (χ0v) is 20.0. The lowest BCUT2D eigenvalue weighted by atomic mass is 9.95. The lowest BCUT2D eigenvalue weighted by molar-refractivity contribution is -0.0401. The van der Waals surface area contributed by atoms with Gasteiger partial charge in [0.2, 0.25) is 0 Å². The van der Waals surface area contributed by atoms with Crippen LogP contribution in [0.1, 0.15) is 30.7 Å². The van der Waals surface area contributed by atoms with Crippen molar-refractivity contribution in [1.29, 1.82) is 0 Å². The highest BCUT2D eigenvalue weighted by Gasteiger charge is 2.36. The molecule has 6 rings (SSSR count). The normalized spacial score (nSPS) is 19.9. The van der Waals surface area contributed by atoms with Crippen molar-refractivity contribution in [2.45, 2.75) is 39.4 Å². The molecule has 0 saturated carbocycles. The molecule has 4 heterocycles. The van der Waals surface area contributed by atoms with E-state index in [4.69, 9.17) is 9.47 Å². The van der Waals surface area contributed by atoms with Crippen LogP contribution in [0.3, 0.4) is 0 Å². The molecule has 33 heavy (non-hydrogen) atoms. The van der Waals surface area contributed by atoms with Crippen LogP contribution in [0.15, 0.2) is 30.3 Å². The van der Waals surface area contributed by atoms with Crippen LogP contribution in [0, 0.1) is 6.92 Å². The first-order valence-electron chi connectivity index (χ1n) is 11.4. The van der Waals surface area contributed by atoms with E-state index < -0.39 is 0 Å². The van der Waals surface area contributed by atoms with Crippen molar-refractivity contribution in [3.05, 3.63) is 47.2 Å². The number of carbonyl (C=O) groups excluding carboxylic acids is 1. The van der Waals surface area contributed by atoms with Crippen LogP contribution in [-0.2, 0) is 22.5 Å². The van der Waals surface area contributed by atoms with Crippen LogP contribution >= 0.6 is 11.9 Å². The molecule has 7 nitrogen and oxygen atoms in total. The summed E-state index contributed by atoms with van der Waals surface area (Å²) in [6.45, 7) is 9.88. The average Bonchev–Trinajstić information content (AvgIpc) is 3.14. The van der Waals surface area contributed by atoms with Gasteiger partial charge in [0.05, 0.1) is 53.7 Å². The molecule has 1 saturated heterocycles. The Bertz CT molecular complexity index is 1260. The first-order chi connectivity index (χ1) is 15.9. The van der Waals surface area contributed by atoms with Crippen LogP contribution in [0.25, 0.3) is 10.9 Å². The third-order valence-electron chi connectivity index (χ3n) is 6.79. The largest absolute Gasteiger partial charge is 0.378 e. The quantitative estimate of drug-likeness (QED) is 0.489. The molecular formula is C25H28N4O3S. The van der Waals surface area contributed by atoms with Crippen LogP contribution < -0.4 is 14.5 Å². The van der Waals surface area contributed by atoms with Crippen LogP contribution in [0.5, 0.6) is 0 Å². The number of H-pyrrole nitrogens is 1. The Morgan fingerprint density at radius 2 is 1.91 bits per heavy atom. The van der Waals surface area contributed by atoms with Gasteiger partial charge in [-0.2, -0.15) is 0 Å². The summed E-state index contributed by atoms with van der Waals surface area (Å²) < 4.78 is 15.3. The van der Waals surface area contributed by atoms with Gasteiger partial charge in [-0.25, -0.2) is 0 Å². The van der Waals surface area contributed by atoms with Crippen molar-refractivity contribution in [3.8, 4) is 0 Å². The summed E-state index contributed by atoms with van der Waals surface area (Å²) in [6, 6.07) is 10.2. The minimum Gasteiger partial charge on any atom is -0.378 e. The molecule has 0 aliphatic carbocycles. The van der Waals surface area contributed by atoms with E-state index in [0.717, 1.165) is 65.3 Å². The van der Waals surface area contributed by atoms with Crippen molar-refractivity contribution >= 4 is 50.8 Å². The highest BCUT2D eigenvalue weighted by Crippen LogP contribution is 2.51. The second kappa shape index (κ2) is 7.68. The van der Waals surface area contributed by atoms with Crippen LogP contribution in [-0.4, -0.2) is 42.1 Å². The Kier molecular flexibility index (Phi) is 4.87. The van der Waals surface area contributed by atoms with Crippen molar-refractivity contribution < 1.29 is 14.3 Å². The number of nitrogens with one attached hydrogen (secondary N) is 2. The van der Waals surface area contributed by atoms with Gasteiger partial charge in [-0.15, -0.1) is 0 Å². The number of amides is 1. The van der Waals surface area contributed by atoms with Gasteiger partial charge in [-0.05, 0) is 38.5 Å². The summed E-state index contributed by atoms with van der Waals surface area (Å²) in [4.78, 5) is 21.1. The Morgan fingerprint density at radius 1 is 1.12 bits per heavy atom. The summed E-state index contributed by atoms with van der Waals surface area (Å²) in [5.41, 5.74) is 8.24. The number of carbonyl (C=O) groups is 1. The average molecular weight is 465 g/mol. The van der Waals surface area contributed by atoms with E-state index in [9.17, 15) is 4.79 Å². The van der Waals surface area contributed by atoms with Gasteiger partial charge in [0.1, 0.15) is 0 Å². The number of nitrogens with zero attached hydrogens (tertiary/aromatic N) is 2. The maximum absolute atomic E-state index is 13.2. The summed E-state index contributed by atoms with van der Waals surface area (Å²) >= 11 is 1.14. The lowest BCUT2D eigenvalue weighted by Crippen LogP contribution is -2.38. The third kappa shape index (κ3) is 3.39. The summed E-state index contributed by atoms with van der Waals surface area (Å²) in [5.74, 6) is 0. The maximum atomic E-state index is 13.2. The molecule has 2 aromatic carbocycles. The molecule has 0 radical (unpaired) electrons. The van der Waals surface area contributed by atoms with E-state index in [1.807, 2.05) is 36.1 Å². The molecule has 1 amide bonds. The predicted octanol–water partition coefficient (Wildman–Crippen LogP) is 5.50. The first kappa shape index (κ1) is 20.9. The Balaban J connectivity index is 1.62. The molecule has 0 atom stereocenters. The van der Waals surface area contributed by atoms with Crippen molar-refractivity contribution in [2.24, 2.45) is 0 Å². The van der Waals surface area contributed by atoms with Crippen molar-refractivity contribution in [2.75, 3.05) is 40.8 Å². The molecule has 2 N–H and O–H groups in total. The summed E-state index contributed by atoms with van der Waals surface area (Å²) in [7, 11) is 0. The van der Waals surface area contributed by atoms with Crippen LogP contribution in [0.2, 0.25) is 0 Å². The predicted molar refractivity (Wildman–Crippen MR) is 134 cm³/mol. The number of morpholine rings is 1. The van der Waals surface area contributed by atoms with Gasteiger partial charge in [0.25, 0.3) is 0 Å². The fourth-order valence-electron chi connectivity index (χ4n) is 5.16. The van der Waals surface area contributed by atoms with E-state index in [-0.39, 0.29) is 10.8 Å². The fourth-order valence-corrected chi connectivity index (χ4v) is 5.84. The molecule has 0 unspecified atom stereocenters. The molecule has 172 valence electrons. The van der Waals surface area contributed by atoms with Gasteiger partial charge >= 0.3 is 5.24 Å². The third-order valence-corrected chi connectivity index (χ3v) is 7.45. The number of hydrogen-bond donors (Lipinski definition) is 2. The summed E-state index contributed by atoms with van der Waals surface area (Å²) in [6.07, 6.45) is 0.826. The van der Waals surface area contributed by atoms with Gasteiger partial charge in [-0.3, -0.25) is 9.69 Å². The Morgan fingerprint density at radius 3 is 2.70 bits per heavy atom. The molecule has 3 aliphatic rings. The topological polar surface area (TPSA) is 69.8 Å². The Labute approximate surface area is 197 Å². The van der Waals surface area contributed by atoms with Gasteiger partial charge in [0, 0.05) is 48.1 Å². The van der Waals surface area contributed by atoms with Crippen molar-refractivity contribution in [3.63, 3.8) is 0 Å². The van der Waals surface area contributed by atoms with Gasteiger partial charge < -0.3 is 24.1 Å². The van der Waals surface area contributed by atoms with Crippen molar-refractivity contribution in [1.82, 2.24) is 4.98 Å². The minimum atomic E-state index is -0.204. The molecule has 1 aromatic heterocycles. The molecule has 3 aliphatic heterocycles. The van der Waals surface area contributed by atoms with Crippen LogP contribution in [0.4, 0.5) is 27.5 Å². The number of fused-ring (bicyclic) bond motifs is 4. The zero-order valence-electron chi connectivity index (χ0n) is 19.2. The smallest absolute Gasteiger partial charge is 0.311 e. The standard InChI is InChI=1S/C25H28N4O3S/c1-15-6-4-5-7-19(15)29-20-12-17-21(16-14-32-25(2,3)13-18(16)26-17)23(22(20)27-33-24(29)30)28-8-10-31-11-9-28/h4-7,12,26-27H,8-11,13-14H2,1-3H3. The second-order valence-corrected chi connectivity index (χ2v) is 10.3. The van der Waals surface area contributed by atoms with E-state index in [1.54, 1.807) is 0 Å². The number of aromatic nitrogens is 1. The minimum absolute atomic E-state index is 0.0372. The molecule has 0 bridgehead atoms. The fraction of sp³-hybridized carbons (Fsp3) is 0.400. The second-order valence-electron chi connectivity index (χ2n) is 9.54. The number of ether oxygens (including phenoxy) is 2. The zero-order chi connectivity index (χ0) is 22.7. The summed E-state index contributed by atoms with van der Waals surface area (Å²) in [5, 5.41) is 1.15. The number of benzene rings is 2. The number of hydrogen-bond acceptors (Lipinski definition) is 6. The highest BCUT2D eigenvalue weighted by atomic mass is 32.2. The highest BCUT2D eigenvalue weighted by molar-refractivity contribution is 8.15. The number of rotatable bonds is 2.